The first-order valence-corrected chi connectivity index (χ1v) is 4.93. The molecule has 1 N–H and O–H groups in total. The van der Waals surface area contributed by atoms with Crippen LogP contribution in [0.1, 0.15) is 45.4 Å². The number of hydrogen-bond acceptors (Lipinski definition) is 1. The van der Waals surface area contributed by atoms with E-state index in [2.05, 4.69) is 6.92 Å². The standard InChI is InChI=1S/C10H18O/c1-10(11,8-4-2-5-8)9-6-3-7-9/h8-9,11H,2-7H2,1H3. The predicted molar refractivity (Wildman–Crippen MR) is 45.3 cm³/mol. The minimum Gasteiger partial charge on any atom is -0.390 e. The van der Waals surface area contributed by atoms with Gasteiger partial charge in [0.2, 0.25) is 0 Å². The van der Waals surface area contributed by atoms with E-state index in [4.69, 9.17) is 0 Å². The summed E-state index contributed by atoms with van der Waals surface area (Å²) in [6.45, 7) is 2.06. The third-order valence-electron chi connectivity index (χ3n) is 3.86. The van der Waals surface area contributed by atoms with E-state index in [-0.39, 0.29) is 5.60 Å². The van der Waals surface area contributed by atoms with Gasteiger partial charge in [0, 0.05) is 0 Å². The van der Waals surface area contributed by atoms with Gasteiger partial charge in [0.25, 0.3) is 0 Å². The minimum absolute atomic E-state index is 0.309. The van der Waals surface area contributed by atoms with Crippen molar-refractivity contribution in [2.45, 2.75) is 51.0 Å². The van der Waals surface area contributed by atoms with Crippen LogP contribution in [0.3, 0.4) is 0 Å². The van der Waals surface area contributed by atoms with Crippen molar-refractivity contribution in [3.63, 3.8) is 0 Å². The molecule has 2 fully saturated rings. The van der Waals surface area contributed by atoms with E-state index in [0.29, 0.717) is 11.8 Å². The fourth-order valence-corrected chi connectivity index (χ4v) is 2.32. The lowest BCUT2D eigenvalue weighted by atomic mass is 9.62. The lowest BCUT2D eigenvalue weighted by Crippen LogP contribution is -2.47. The number of rotatable bonds is 2. The molecule has 0 spiro atoms. The highest BCUT2D eigenvalue weighted by Crippen LogP contribution is 2.46. The van der Waals surface area contributed by atoms with Crippen LogP contribution < -0.4 is 0 Å². The lowest BCUT2D eigenvalue weighted by molar-refractivity contribution is -0.104. The maximum atomic E-state index is 10.2. The zero-order valence-electron chi connectivity index (χ0n) is 7.34. The summed E-state index contributed by atoms with van der Waals surface area (Å²) in [6.07, 6.45) is 7.75. The topological polar surface area (TPSA) is 20.2 Å². The molecule has 11 heavy (non-hydrogen) atoms. The van der Waals surface area contributed by atoms with E-state index < -0.39 is 0 Å². The normalized spacial score (nSPS) is 27.8. The lowest BCUT2D eigenvalue weighted by Gasteiger charge is -2.47. The summed E-state index contributed by atoms with van der Waals surface area (Å²) in [4.78, 5) is 0. The van der Waals surface area contributed by atoms with Crippen LogP contribution in [0.15, 0.2) is 0 Å². The van der Waals surface area contributed by atoms with Crippen LogP contribution >= 0.6 is 0 Å². The van der Waals surface area contributed by atoms with Crippen LogP contribution in [-0.4, -0.2) is 10.7 Å². The van der Waals surface area contributed by atoms with Crippen LogP contribution in [0.4, 0.5) is 0 Å². The molecule has 2 aliphatic carbocycles. The molecule has 64 valence electrons. The van der Waals surface area contributed by atoms with E-state index in [1.54, 1.807) is 0 Å². The highest BCUT2D eigenvalue weighted by molar-refractivity contribution is 4.95. The molecule has 0 heterocycles. The fraction of sp³-hybridized carbons (Fsp3) is 1.00. The Hall–Kier alpha value is -0.0400. The van der Waals surface area contributed by atoms with Crippen molar-refractivity contribution in [2.24, 2.45) is 11.8 Å². The first-order chi connectivity index (χ1) is 5.21. The molecule has 0 radical (unpaired) electrons. The maximum Gasteiger partial charge on any atom is 0.0675 e. The molecule has 2 rings (SSSR count). The van der Waals surface area contributed by atoms with Gasteiger partial charge in [-0.2, -0.15) is 0 Å². The molecule has 0 bridgehead atoms. The Bertz CT molecular complexity index is 127. The SMILES string of the molecule is CC(O)(C1CCC1)C1CCC1. The molecule has 2 aliphatic rings. The summed E-state index contributed by atoms with van der Waals surface area (Å²) in [5.41, 5.74) is -0.309. The van der Waals surface area contributed by atoms with Gasteiger partial charge >= 0.3 is 0 Å². The second-order valence-electron chi connectivity index (χ2n) is 4.48. The Labute approximate surface area is 68.8 Å². The molecule has 0 aliphatic heterocycles. The maximum absolute atomic E-state index is 10.2. The predicted octanol–water partition coefficient (Wildman–Crippen LogP) is 2.34. The van der Waals surface area contributed by atoms with E-state index in [1.165, 1.54) is 38.5 Å². The van der Waals surface area contributed by atoms with Crippen LogP contribution in [0.5, 0.6) is 0 Å². The average Bonchev–Trinajstić information content (AvgIpc) is 1.46. The highest BCUT2D eigenvalue weighted by Gasteiger charge is 2.44. The molecular formula is C10H18O. The summed E-state index contributed by atoms with van der Waals surface area (Å²) in [7, 11) is 0. The van der Waals surface area contributed by atoms with Gasteiger partial charge in [-0.3, -0.25) is 0 Å². The van der Waals surface area contributed by atoms with Crippen molar-refractivity contribution in [1.82, 2.24) is 0 Å². The van der Waals surface area contributed by atoms with E-state index in [1.807, 2.05) is 0 Å². The van der Waals surface area contributed by atoms with E-state index >= 15 is 0 Å². The second-order valence-corrected chi connectivity index (χ2v) is 4.48. The molecule has 2 saturated carbocycles. The van der Waals surface area contributed by atoms with Crippen LogP contribution in [0.25, 0.3) is 0 Å². The van der Waals surface area contributed by atoms with Gasteiger partial charge in [-0.25, -0.2) is 0 Å². The van der Waals surface area contributed by atoms with Crippen molar-refractivity contribution in [3.05, 3.63) is 0 Å². The fourth-order valence-electron chi connectivity index (χ4n) is 2.32. The Balaban J connectivity index is 1.95. The molecule has 0 saturated heterocycles. The molecule has 0 amide bonds. The Kier molecular flexibility index (Phi) is 1.71. The van der Waals surface area contributed by atoms with Gasteiger partial charge in [0.1, 0.15) is 0 Å². The summed E-state index contributed by atoms with van der Waals surface area (Å²) < 4.78 is 0. The second kappa shape index (κ2) is 2.48. The smallest absolute Gasteiger partial charge is 0.0675 e. The average molecular weight is 154 g/mol. The quantitative estimate of drug-likeness (QED) is 0.647. The highest BCUT2D eigenvalue weighted by atomic mass is 16.3. The Morgan fingerprint density at radius 2 is 1.36 bits per heavy atom. The van der Waals surface area contributed by atoms with Gasteiger partial charge in [-0.05, 0) is 44.4 Å². The Morgan fingerprint density at radius 1 is 1.00 bits per heavy atom. The molecule has 0 aromatic rings. The monoisotopic (exact) mass is 154 g/mol. The Morgan fingerprint density at radius 3 is 1.55 bits per heavy atom. The van der Waals surface area contributed by atoms with Crippen LogP contribution in [0, 0.1) is 11.8 Å². The van der Waals surface area contributed by atoms with Crippen molar-refractivity contribution in [1.29, 1.82) is 0 Å². The molecule has 1 heteroatoms. The molecule has 0 aromatic heterocycles. The third kappa shape index (κ3) is 1.10. The van der Waals surface area contributed by atoms with Crippen molar-refractivity contribution >= 4 is 0 Å². The first-order valence-electron chi connectivity index (χ1n) is 4.93. The third-order valence-corrected chi connectivity index (χ3v) is 3.86. The molecule has 0 unspecified atom stereocenters. The summed E-state index contributed by atoms with van der Waals surface area (Å²) in [5.74, 6) is 1.26. The number of aliphatic hydroxyl groups is 1. The van der Waals surface area contributed by atoms with Crippen molar-refractivity contribution in [2.75, 3.05) is 0 Å². The molecule has 0 aromatic carbocycles. The van der Waals surface area contributed by atoms with Gasteiger partial charge in [0.05, 0.1) is 5.60 Å². The van der Waals surface area contributed by atoms with Crippen LogP contribution in [0.2, 0.25) is 0 Å². The first kappa shape index (κ1) is 7.60. The molecule has 0 atom stereocenters. The number of hydrogen-bond donors (Lipinski definition) is 1. The summed E-state index contributed by atoms with van der Waals surface area (Å²) >= 11 is 0. The van der Waals surface area contributed by atoms with E-state index in [9.17, 15) is 5.11 Å². The molecular weight excluding hydrogens is 136 g/mol. The van der Waals surface area contributed by atoms with Gasteiger partial charge in [-0.15, -0.1) is 0 Å². The zero-order chi connectivity index (χ0) is 7.90. The van der Waals surface area contributed by atoms with Gasteiger partial charge in [0.15, 0.2) is 0 Å². The minimum atomic E-state index is -0.309. The molecule has 1 nitrogen and oxygen atoms in total. The summed E-state index contributed by atoms with van der Waals surface area (Å²) in [6, 6.07) is 0. The van der Waals surface area contributed by atoms with E-state index in [0.717, 1.165) is 0 Å². The van der Waals surface area contributed by atoms with Crippen LogP contribution in [-0.2, 0) is 0 Å². The van der Waals surface area contributed by atoms with Gasteiger partial charge in [-0.1, -0.05) is 12.8 Å². The zero-order valence-corrected chi connectivity index (χ0v) is 7.34. The largest absolute Gasteiger partial charge is 0.390 e. The van der Waals surface area contributed by atoms with Crippen molar-refractivity contribution in [3.8, 4) is 0 Å². The summed E-state index contributed by atoms with van der Waals surface area (Å²) in [5, 5.41) is 10.2. The van der Waals surface area contributed by atoms with Gasteiger partial charge < -0.3 is 5.11 Å². The van der Waals surface area contributed by atoms with Crippen molar-refractivity contribution < 1.29 is 5.11 Å².